The van der Waals surface area contributed by atoms with Gasteiger partial charge in [-0.25, -0.2) is 8.78 Å². The zero-order valence-corrected chi connectivity index (χ0v) is 18.9. The molecule has 10 heteroatoms. The van der Waals surface area contributed by atoms with Crippen molar-refractivity contribution in [2.75, 3.05) is 31.1 Å². The number of rotatable bonds is 4. The zero-order chi connectivity index (χ0) is 24.3. The fourth-order valence-corrected chi connectivity index (χ4v) is 5.63. The first-order valence-electron chi connectivity index (χ1n) is 11.7. The first-order chi connectivity index (χ1) is 16.1. The largest absolute Gasteiger partial charge is 0.507 e. The van der Waals surface area contributed by atoms with Crippen molar-refractivity contribution in [3.05, 3.63) is 34.9 Å². The summed E-state index contributed by atoms with van der Waals surface area (Å²) in [5.41, 5.74) is 0.728. The third kappa shape index (κ3) is 4.10. The van der Waals surface area contributed by atoms with Crippen LogP contribution in [0.15, 0.2) is 18.2 Å². The quantitative estimate of drug-likeness (QED) is 0.605. The number of hydrogen-bond donors (Lipinski definition) is 1. The molecule has 184 valence electrons. The number of phenols is 1. The number of piperidine rings is 1. The predicted octanol–water partition coefficient (Wildman–Crippen LogP) is 5.23. The minimum atomic E-state index is -4.61. The van der Waals surface area contributed by atoms with Crippen LogP contribution in [0.3, 0.4) is 0 Å². The van der Waals surface area contributed by atoms with Crippen LogP contribution in [0.4, 0.5) is 27.8 Å². The van der Waals surface area contributed by atoms with E-state index in [1.54, 1.807) is 0 Å². The summed E-state index contributed by atoms with van der Waals surface area (Å²) >= 11 is 0. The lowest BCUT2D eigenvalue weighted by Crippen LogP contribution is -2.47. The number of fused-ring (bicyclic) bond motifs is 1. The van der Waals surface area contributed by atoms with E-state index in [9.17, 15) is 27.1 Å². The topological polar surface area (TPSA) is 52.5 Å². The van der Waals surface area contributed by atoms with Gasteiger partial charge < -0.3 is 14.9 Å². The van der Waals surface area contributed by atoms with Gasteiger partial charge in [-0.1, -0.05) is 6.92 Å². The summed E-state index contributed by atoms with van der Waals surface area (Å²) in [6, 6.07) is 2.93. The van der Waals surface area contributed by atoms with Gasteiger partial charge >= 0.3 is 6.18 Å². The lowest BCUT2D eigenvalue weighted by molar-refractivity contribution is -0.137. The summed E-state index contributed by atoms with van der Waals surface area (Å²) in [6.45, 7) is 5.73. The molecule has 1 saturated heterocycles. The van der Waals surface area contributed by atoms with E-state index in [-0.39, 0.29) is 30.1 Å². The molecule has 5 rings (SSSR count). The van der Waals surface area contributed by atoms with Crippen LogP contribution in [0.1, 0.15) is 55.2 Å². The fourth-order valence-electron chi connectivity index (χ4n) is 5.63. The molecule has 0 amide bonds. The number of nitrogens with zero attached hydrogens (tertiary/aromatic N) is 4. The normalized spacial score (nSPS) is 23.1. The van der Waals surface area contributed by atoms with E-state index in [2.05, 4.69) is 26.9 Å². The first-order valence-corrected chi connectivity index (χ1v) is 11.7. The Morgan fingerprint density at radius 2 is 1.91 bits per heavy atom. The van der Waals surface area contributed by atoms with Crippen LogP contribution >= 0.6 is 0 Å². The van der Waals surface area contributed by atoms with Gasteiger partial charge in [0.15, 0.2) is 5.82 Å². The monoisotopic (exact) mass is 482 g/mol. The number of halogens is 5. The molecule has 1 aliphatic carbocycles. The van der Waals surface area contributed by atoms with Crippen LogP contribution in [0.2, 0.25) is 0 Å². The van der Waals surface area contributed by atoms with Crippen molar-refractivity contribution < 1.29 is 27.1 Å². The molecule has 5 nitrogen and oxygen atoms in total. The van der Waals surface area contributed by atoms with Crippen molar-refractivity contribution in [2.45, 2.75) is 63.1 Å². The lowest BCUT2D eigenvalue weighted by Gasteiger charge is -2.38. The average Bonchev–Trinajstić information content (AvgIpc) is 3.20. The van der Waals surface area contributed by atoms with Crippen molar-refractivity contribution in [1.82, 2.24) is 15.1 Å². The Hall–Kier alpha value is -2.49. The molecule has 1 N–H and O–H groups in total. The number of alkyl halides is 5. The molecule has 0 spiro atoms. The fraction of sp³-hybridized carbons (Fsp3) is 0.583. The molecule has 0 bridgehead atoms. The molecule has 1 aromatic carbocycles. The van der Waals surface area contributed by atoms with Gasteiger partial charge in [0, 0.05) is 43.1 Å². The third-order valence-corrected chi connectivity index (χ3v) is 7.42. The highest BCUT2D eigenvalue weighted by Crippen LogP contribution is 2.53. The smallest absolute Gasteiger partial charge is 0.416 e. The predicted molar refractivity (Wildman–Crippen MR) is 117 cm³/mol. The minimum absolute atomic E-state index is 0.0850. The van der Waals surface area contributed by atoms with Crippen molar-refractivity contribution in [2.24, 2.45) is 0 Å². The van der Waals surface area contributed by atoms with E-state index >= 15 is 0 Å². The maximum absolute atomic E-state index is 13.8. The van der Waals surface area contributed by atoms with Crippen LogP contribution in [-0.2, 0) is 12.6 Å². The SMILES string of the molecule is CCN1CCC[C@@H](N2CCc3c2nnc(-c2ccc(C(F)(F)F)cc2O)c3C2CC(F)(F)C2)C1. The summed E-state index contributed by atoms with van der Waals surface area (Å²) in [6.07, 6.45) is -2.60. The number of aromatic hydroxyl groups is 1. The van der Waals surface area contributed by atoms with Crippen LogP contribution in [-0.4, -0.2) is 58.3 Å². The molecule has 1 atom stereocenters. The van der Waals surface area contributed by atoms with E-state index in [0.717, 1.165) is 50.2 Å². The molecular weight excluding hydrogens is 455 g/mol. The van der Waals surface area contributed by atoms with Gasteiger partial charge in [-0.05, 0) is 62.0 Å². The van der Waals surface area contributed by atoms with Crippen molar-refractivity contribution in [3.63, 3.8) is 0 Å². The third-order valence-electron chi connectivity index (χ3n) is 7.42. The van der Waals surface area contributed by atoms with Crippen LogP contribution < -0.4 is 4.90 Å². The molecular formula is C24H27F5N4O. The van der Waals surface area contributed by atoms with Crippen LogP contribution in [0, 0.1) is 0 Å². The van der Waals surface area contributed by atoms with Gasteiger partial charge in [0.05, 0.1) is 5.56 Å². The summed E-state index contributed by atoms with van der Waals surface area (Å²) in [4.78, 5) is 4.59. The number of hydrogen-bond acceptors (Lipinski definition) is 5. The number of phenolic OH excluding ortho intramolecular Hbond substituents is 1. The first kappa shape index (κ1) is 23.3. The zero-order valence-electron chi connectivity index (χ0n) is 18.9. The number of likely N-dealkylation sites (N-methyl/N-ethyl adjacent to an activating group) is 1. The van der Waals surface area contributed by atoms with Gasteiger partial charge in [0.2, 0.25) is 5.92 Å². The molecule has 1 aromatic heterocycles. The van der Waals surface area contributed by atoms with Crippen LogP contribution in [0.25, 0.3) is 11.3 Å². The Labute approximate surface area is 194 Å². The number of likely N-dealkylation sites (tertiary alicyclic amines) is 1. The Kier molecular flexibility index (Phi) is 5.69. The number of benzene rings is 1. The van der Waals surface area contributed by atoms with Gasteiger partial charge in [-0.2, -0.15) is 13.2 Å². The molecule has 0 radical (unpaired) electrons. The Morgan fingerprint density at radius 1 is 1.15 bits per heavy atom. The molecule has 3 heterocycles. The van der Waals surface area contributed by atoms with Crippen molar-refractivity contribution >= 4 is 5.82 Å². The van der Waals surface area contributed by atoms with Gasteiger partial charge in [0.25, 0.3) is 0 Å². The Morgan fingerprint density at radius 3 is 2.56 bits per heavy atom. The Balaban J connectivity index is 1.56. The molecule has 1 saturated carbocycles. The van der Waals surface area contributed by atoms with E-state index in [1.807, 2.05) is 0 Å². The average molecular weight is 482 g/mol. The Bertz CT molecular complexity index is 1080. The second-order valence-corrected chi connectivity index (χ2v) is 9.59. The summed E-state index contributed by atoms with van der Waals surface area (Å²) in [5, 5.41) is 19.2. The lowest BCUT2D eigenvalue weighted by atomic mass is 9.74. The van der Waals surface area contributed by atoms with E-state index in [1.165, 1.54) is 0 Å². The standard InChI is InChI=1S/C24H27F5N4O/c1-2-32-8-3-4-16(13-32)33-9-7-18-20(14-11-23(25,26)12-14)21(30-31-22(18)33)17-6-5-15(10-19(17)34)24(27,28)29/h5-6,10,14,16,34H,2-4,7-9,11-13H2,1H3/t16-/m1/s1. The molecule has 0 unspecified atom stereocenters. The summed E-state index contributed by atoms with van der Waals surface area (Å²) < 4.78 is 66.9. The van der Waals surface area contributed by atoms with E-state index in [4.69, 9.17) is 0 Å². The maximum Gasteiger partial charge on any atom is 0.416 e. The van der Waals surface area contributed by atoms with Crippen molar-refractivity contribution in [1.29, 1.82) is 0 Å². The highest BCUT2D eigenvalue weighted by molar-refractivity contribution is 5.75. The van der Waals surface area contributed by atoms with Crippen LogP contribution in [0.5, 0.6) is 5.75 Å². The second kappa shape index (κ2) is 8.32. The van der Waals surface area contributed by atoms with Gasteiger partial charge in [-0.15, -0.1) is 10.2 Å². The maximum atomic E-state index is 13.8. The van der Waals surface area contributed by atoms with Crippen molar-refractivity contribution in [3.8, 4) is 17.0 Å². The highest BCUT2D eigenvalue weighted by atomic mass is 19.4. The number of anilines is 1. The minimum Gasteiger partial charge on any atom is -0.507 e. The van der Waals surface area contributed by atoms with E-state index in [0.29, 0.717) is 30.4 Å². The second-order valence-electron chi connectivity index (χ2n) is 9.59. The van der Waals surface area contributed by atoms with Gasteiger partial charge in [-0.3, -0.25) is 0 Å². The number of aromatic nitrogens is 2. The molecule has 2 aliphatic heterocycles. The molecule has 2 aromatic rings. The molecule has 2 fully saturated rings. The molecule has 34 heavy (non-hydrogen) atoms. The molecule has 3 aliphatic rings. The summed E-state index contributed by atoms with van der Waals surface area (Å²) in [5.74, 6) is -3.15. The van der Waals surface area contributed by atoms with Gasteiger partial charge in [0.1, 0.15) is 11.4 Å². The van der Waals surface area contributed by atoms with E-state index < -0.39 is 29.3 Å². The summed E-state index contributed by atoms with van der Waals surface area (Å²) in [7, 11) is 0. The highest BCUT2D eigenvalue weighted by Gasteiger charge is 2.49.